The second-order valence-corrected chi connectivity index (χ2v) is 9.54. The highest BCUT2D eigenvalue weighted by Crippen LogP contribution is 2.20. The number of hydrogen-bond donors (Lipinski definition) is 3. The number of aromatic nitrogens is 2. The Kier molecular flexibility index (Phi) is 6.42. The van der Waals surface area contributed by atoms with Gasteiger partial charge in [0.2, 0.25) is 0 Å². The number of nitrogens with zero attached hydrogens (tertiary/aromatic N) is 1. The van der Waals surface area contributed by atoms with E-state index in [9.17, 15) is 18.0 Å². The molecule has 0 spiro atoms. The molecule has 3 aromatic carbocycles. The standard InChI is InChI=1S/C24H24N4O5S/c1-16-3-9-19(10-4-16)33-14-13-28(2)23(29)17-5-7-18(8-6-17)27-34(31,32)20-11-12-21-22(15-20)26-24(30)25-21/h3-12,15,27H,13-14H2,1-2H3,(H2,25,26,30). The summed E-state index contributed by atoms with van der Waals surface area (Å²) in [6.45, 7) is 2.74. The summed E-state index contributed by atoms with van der Waals surface area (Å²) in [6.07, 6.45) is 0. The Balaban J connectivity index is 1.36. The minimum Gasteiger partial charge on any atom is -0.492 e. The van der Waals surface area contributed by atoms with Crippen LogP contribution >= 0.6 is 0 Å². The molecule has 1 heterocycles. The Labute approximate surface area is 196 Å². The third kappa shape index (κ3) is 5.29. The summed E-state index contributed by atoms with van der Waals surface area (Å²) in [5.74, 6) is 0.536. The number of aromatic amines is 2. The zero-order chi connectivity index (χ0) is 24.3. The van der Waals surface area contributed by atoms with Crippen molar-refractivity contribution >= 4 is 32.7 Å². The number of benzene rings is 3. The predicted molar refractivity (Wildman–Crippen MR) is 130 cm³/mol. The van der Waals surface area contributed by atoms with E-state index >= 15 is 0 Å². The molecule has 0 radical (unpaired) electrons. The van der Waals surface area contributed by atoms with E-state index in [1.807, 2.05) is 31.2 Å². The van der Waals surface area contributed by atoms with Crippen molar-refractivity contribution in [1.29, 1.82) is 0 Å². The van der Waals surface area contributed by atoms with Crippen molar-refractivity contribution in [1.82, 2.24) is 14.9 Å². The van der Waals surface area contributed by atoms with Crippen molar-refractivity contribution < 1.29 is 17.9 Å². The Morgan fingerprint density at radius 2 is 1.65 bits per heavy atom. The summed E-state index contributed by atoms with van der Waals surface area (Å²) in [5.41, 5.74) is 2.37. The summed E-state index contributed by atoms with van der Waals surface area (Å²) in [7, 11) is -2.20. The lowest BCUT2D eigenvalue weighted by Gasteiger charge is -2.18. The highest BCUT2D eigenvalue weighted by molar-refractivity contribution is 7.92. The fraction of sp³-hybridized carbons (Fsp3) is 0.167. The predicted octanol–water partition coefficient (Wildman–Crippen LogP) is 3.12. The van der Waals surface area contributed by atoms with E-state index in [0.29, 0.717) is 35.4 Å². The number of imidazole rings is 1. The fourth-order valence-corrected chi connectivity index (χ4v) is 4.42. The molecule has 4 rings (SSSR count). The molecule has 0 saturated heterocycles. The van der Waals surface area contributed by atoms with Crippen molar-refractivity contribution in [2.24, 2.45) is 0 Å². The van der Waals surface area contributed by atoms with Crippen molar-refractivity contribution in [2.75, 3.05) is 24.9 Å². The van der Waals surface area contributed by atoms with E-state index in [4.69, 9.17) is 4.74 Å². The quantitative estimate of drug-likeness (QED) is 0.357. The van der Waals surface area contributed by atoms with Crippen LogP contribution in [0.4, 0.5) is 5.69 Å². The second-order valence-electron chi connectivity index (χ2n) is 7.86. The average molecular weight is 481 g/mol. The molecular formula is C24H24N4O5S. The third-order valence-corrected chi connectivity index (χ3v) is 6.62. The lowest BCUT2D eigenvalue weighted by molar-refractivity contribution is 0.0774. The van der Waals surface area contributed by atoms with Gasteiger partial charge in [-0.1, -0.05) is 17.7 Å². The molecule has 0 bridgehead atoms. The lowest BCUT2D eigenvalue weighted by Crippen LogP contribution is -2.30. The molecule has 10 heteroatoms. The molecular weight excluding hydrogens is 456 g/mol. The first kappa shape index (κ1) is 23.1. The van der Waals surface area contributed by atoms with Gasteiger partial charge in [0.1, 0.15) is 12.4 Å². The number of ether oxygens (including phenoxy) is 1. The number of H-pyrrole nitrogens is 2. The van der Waals surface area contributed by atoms with Gasteiger partial charge in [0.05, 0.1) is 22.5 Å². The summed E-state index contributed by atoms with van der Waals surface area (Å²) in [5, 5.41) is 0. The molecule has 0 unspecified atom stereocenters. The van der Waals surface area contributed by atoms with E-state index in [-0.39, 0.29) is 10.8 Å². The highest BCUT2D eigenvalue weighted by Gasteiger charge is 2.17. The third-order valence-electron chi connectivity index (χ3n) is 5.24. The lowest BCUT2D eigenvalue weighted by atomic mass is 10.2. The van der Waals surface area contributed by atoms with Crippen LogP contribution in [0.15, 0.2) is 76.4 Å². The Morgan fingerprint density at radius 3 is 2.35 bits per heavy atom. The minimum atomic E-state index is -3.88. The zero-order valence-electron chi connectivity index (χ0n) is 18.7. The Bertz CT molecular complexity index is 1470. The number of nitrogens with one attached hydrogen (secondary N) is 3. The molecule has 4 aromatic rings. The van der Waals surface area contributed by atoms with Crippen molar-refractivity contribution in [3.63, 3.8) is 0 Å². The summed E-state index contributed by atoms with van der Waals surface area (Å²) >= 11 is 0. The summed E-state index contributed by atoms with van der Waals surface area (Å²) in [6, 6.07) is 18.1. The molecule has 9 nitrogen and oxygen atoms in total. The van der Waals surface area contributed by atoms with Crippen LogP contribution in [0.3, 0.4) is 0 Å². The van der Waals surface area contributed by atoms with Crippen LogP contribution in [-0.2, 0) is 10.0 Å². The van der Waals surface area contributed by atoms with Crippen LogP contribution in [-0.4, -0.2) is 49.4 Å². The van der Waals surface area contributed by atoms with E-state index in [1.54, 1.807) is 24.1 Å². The number of fused-ring (bicyclic) bond motifs is 1. The summed E-state index contributed by atoms with van der Waals surface area (Å²) < 4.78 is 33.6. The van der Waals surface area contributed by atoms with Crippen molar-refractivity contribution in [3.8, 4) is 5.75 Å². The van der Waals surface area contributed by atoms with Gasteiger partial charge < -0.3 is 19.6 Å². The minimum absolute atomic E-state index is 0.00344. The van der Waals surface area contributed by atoms with E-state index in [0.717, 1.165) is 11.3 Å². The van der Waals surface area contributed by atoms with Gasteiger partial charge in [-0.25, -0.2) is 13.2 Å². The monoisotopic (exact) mass is 480 g/mol. The molecule has 0 atom stereocenters. The average Bonchev–Trinajstić information content (AvgIpc) is 3.19. The number of sulfonamides is 1. The van der Waals surface area contributed by atoms with Crippen LogP contribution < -0.4 is 15.1 Å². The Hall–Kier alpha value is -4.05. The molecule has 0 aliphatic heterocycles. The Morgan fingerprint density at radius 1 is 0.971 bits per heavy atom. The largest absolute Gasteiger partial charge is 0.492 e. The molecule has 0 saturated carbocycles. The molecule has 176 valence electrons. The molecule has 1 amide bonds. The number of carbonyl (C=O) groups is 1. The maximum absolute atomic E-state index is 12.7. The van der Waals surface area contributed by atoms with Gasteiger partial charge in [-0.2, -0.15) is 0 Å². The number of carbonyl (C=O) groups excluding carboxylic acids is 1. The molecule has 34 heavy (non-hydrogen) atoms. The van der Waals surface area contributed by atoms with Gasteiger partial charge in [0, 0.05) is 18.3 Å². The van der Waals surface area contributed by atoms with Crippen LogP contribution in [0, 0.1) is 6.92 Å². The maximum atomic E-state index is 12.7. The number of amides is 1. The van der Waals surface area contributed by atoms with Gasteiger partial charge in [0.15, 0.2) is 0 Å². The summed E-state index contributed by atoms with van der Waals surface area (Å²) in [4.78, 5) is 30.7. The van der Waals surface area contributed by atoms with Gasteiger partial charge >= 0.3 is 5.69 Å². The van der Waals surface area contributed by atoms with Crippen LogP contribution in [0.25, 0.3) is 11.0 Å². The topological polar surface area (TPSA) is 124 Å². The fourth-order valence-electron chi connectivity index (χ4n) is 3.33. The number of likely N-dealkylation sites (N-methyl/N-ethyl adjacent to an activating group) is 1. The van der Waals surface area contributed by atoms with Crippen LogP contribution in [0.5, 0.6) is 5.75 Å². The first-order chi connectivity index (χ1) is 16.2. The molecule has 0 fully saturated rings. The number of hydrogen-bond acceptors (Lipinski definition) is 5. The SMILES string of the molecule is Cc1ccc(OCCN(C)C(=O)c2ccc(NS(=O)(=O)c3ccc4[nH]c(=O)[nH]c4c3)cc2)cc1. The molecule has 1 aromatic heterocycles. The normalized spacial score (nSPS) is 11.4. The van der Waals surface area contributed by atoms with Gasteiger partial charge in [-0.3, -0.25) is 9.52 Å². The number of rotatable bonds is 8. The second kappa shape index (κ2) is 9.44. The number of aryl methyl sites for hydroxylation is 1. The van der Waals surface area contributed by atoms with Crippen LogP contribution in [0.2, 0.25) is 0 Å². The molecule has 0 aliphatic carbocycles. The van der Waals surface area contributed by atoms with E-state index < -0.39 is 15.7 Å². The smallest absolute Gasteiger partial charge is 0.323 e. The van der Waals surface area contributed by atoms with Gasteiger partial charge in [0.25, 0.3) is 15.9 Å². The first-order valence-electron chi connectivity index (χ1n) is 10.5. The van der Waals surface area contributed by atoms with Gasteiger partial charge in [-0.15, -0.1) is 0 Å². The maximum Gasteiger partial charge on any atom is 0.323 e. The highest BCUT2D eigenvalue weighted by atomic mass is 32.2. The zero-order valence-corrected chi connectivity index (χ0v) is 19.5. The van der Waals surface area contributed by atoms with Crippen molar-refractivity contribution in [3.05, 3.63) is 88.3 Å². The molecule has 0 aliphatic rings. The van der Waals surface area contributed by atoms with Crippen LogP contribution in [0.1, 0.15) is 15.9 Å². The first-order valence-corrected chi connectivity index (χ1v) is 12.0. The van der Waals surface area contributed by atoms with E-state index in [2.05, 4.69) is 14.7 Å². The van der Waals surface area contributed by atoms with Gasteiger partial charge in [-0.05, 0) is 61.5 Å². The molecule has 3 N–H and O–H groups in total. The number of anilines is 1. The van der Waals surface area contributed by atoms with E-state index in [1.165, 1.54) is 30.3 Å². The van der Waals surface area contributed by atoms with Crippen molar-refractivity contribution in [2.45, 2.75) is 11.8 Å².